The molecule has 2 aromatic rings. The molecule has 4 nitrogen and oxygen atoms in total. The van der Waals surface area contributed by atoms with E-state index in [1.54, 1.807) is 7.11 Å². The van der Waals surface area contributed by atoms with E-state index in [1.165, 1.54) is 5.56 Å². The first kappa shape index (κ1) is 18.5. The van der Waals surface area contributed by atoms with Crippen LogP contribution in [-0.4, -0.2) is 37.0 Å². The summed E-state index contributed by atoms with van der Waals surface area (Å²) in [4.78, 5) is 17.1. The fourth-order valence-corrected chi connectivity index (χ4v) is 3.65. The van der Waals surface area contributed by atoms with Gasteiger partial charge in [-0.25, -0.2) is 0 Å². The van der Waals surface area contributed by atoms with Crippen LogP contribution in [-0.2, 0) is 11.3 Å². The molecular weight excluding hydrogens is 324 g/mol. The van der Waals surface area contributed by atoms with Gasteiger partial charge in [0.25, 0.3) is 0 Å². The maximum atomic E-state index is 12.6. The maximum Gasteiger partial charge on any atom is 0.226 e. The largest absolute Gasteiger partial charge is 0.497 e. The summed E-state index contributed by atoms with van der Waals surface area (Å²) in [7, 11) is 1.66. The number of carbonyl (C=O) groups excluding carboxylic acids is 1. The standard InChI is InChI=1S/C22H28N2O2/c1-3-22(25)24(19-9-11-21(26-2)12-10-19)20-13-15-23(16-14-20)17-18-7-5-4-6-8-18/h4-12,20H,3,13-17H2,1-2H3. The molecule has 1 amide bonds. The van der Waals surface area contributed by atoms with E-state index in [4.69, 9.17) is 4.74 Å². The van der Waals surface area contributed by atoms with E-state index in [0.29, 0.717) is 6.42 Å². The third-order valence-electron chi connectivity index (χ3n) is 5.09. The van der Waals surface area contributed by atoms with Crippen LogP contribution in [0.2, 0.25) is 0 Å². The molecule has 0 radical (unpaired) electrons. The quantitative estimate of drug-likeness (QED) is 0.784. The minimum atomic E-state index is 0.191. The maximum absolute atomic E-state index is 12.6. The highest BCUT2D eigenvalue weighted by Crippen LogP contribution is 2.27. The van der Waals surface area contributed by atoms with Gasteiger partial charge in [0.15, 0.2) is 0 Å². The zero-order valence-corrected chi connectivity index (χ0v) is 15.7. The lowest BCUT2D eigenvalue weighted by Gasteiger charge is -2.38. The Morgan fingerprint density at radius 2 is 1.73 bits per heavy atom. The molecule has 0 bridgehead atoms. The van der Waals surface area contributed by atoms with Gasteiger partial charge in [0.2, 0.25) is 5.91 Å². The SMILES string of the molecule is CCC(=O)N(c1ccc(OC)cc1)C1CCN(Cc2ccccc2)CC1. The molecule has 0 atom stereocenters. The smallest absolute Gasteiger partial charge is 0.226 e. The molecule has 0 aliphatic carbocycles. The highest BCUT2D eigenvalue weighted by atomic mass is 16.5. The fraction of sp³-hybridized carbons (Fsp3) is 0.409. The van der Waals surface area contributed by atoms with E-state index in [9.17, 15) is 4.79 Å². The van der Waals surface area contributed by atoms with E-state index in [2.05, 4.69) is 35.2 Å². The second-order valence-corrected chi connectivity index (χ2v) is 6.81. The highest BCUT2D eigenvalue weighted by Gasteiger charge is 2.28. The molecule has 26 heavy (non-hydrogen) atoms. The molecule has 2 aromatic carbocycles. The summed E-state index contributed by atoms with van der Waals surface area (Å²) in [5.74, 6) is 1.01. The zero-order valence-electron chi connectivity index (χ0n) is 15.7. The van der Waals surface area contributed by atoms with Crippen LogP contribution >= 0.6 is 0 Å². The highest BCUT2D eigenvalue weighted by molar-refractivity contribution is 5.93. The van der Waals surface area contributed by atoms with Crippen LogP contribution in [0.25, 0.3) is 0 Å². The molecule has 0 aromatic heterocycles. The molecular formula is C22H28N2O2. The molecule has 1 aliphatic heterocycles. The Hall–Kier alpha value is -2.33. The van der Waals surface area contributed by atoms with Crippen molar-refractivity contribution < 1.29 is 9.53 Å². The van der Waals surface area contributed by atoms with Crippen LogP contribution in [0.1, 0.15) is 31.7 Å². The number of benzene rings is 2. The number of carbonyl (C=O) groups is 1. The summed E-state index contributed by atoms with van der Waals surface area (Å²) in [6.45, 7) is 4.95. The molecule has 0 spiro atoms. The van der Waals surface area contributed by atoms with Crippen molar-refractivity contribution in [1.29, 1.82) is 0 Å². The van der Waals surface area contributed by atoms with Crippen molar-refractivity contribution in [3.8, 4) is 5.75 Å². The van der Waals surface area contributed by atoms with Crippen LogP contribution in [0.5, 0.6) is 5.75 Å². The molecule has 138 valence electrons. The predicted octanol–water partition coefficient (Wildman–Crippen LogP) is 4.10. The predicted molar refractivity (Wildman–Crippen MR) is 106 cm³/mol. The lowest BCUT2D eigenvalue weighted by molar-refractivity contribution is -0.119. The third kappa shape index (κ3) is 4.44. The lowest BCUT2D eigenvalue weighted by atomic mass is 10.0. The molecule has 1 fully saturated rings. The van der Waals surface area contributed by atoms with Crippen LogP contribution in [0.4, 0.5) is 5.69 Å². The summed E-state index contributed by atoms with van der Waals surface area (Å²) in [5, 5.41) is 0. The normalized spacial score (nSPS) is 15.6. The van der Waals surface area contributed by atoms with Gasteiger partial charge in [0.1, 0.15) is 5.75 Å². The van der Waals surface area contributed by atoms with E-state index in [1.807, 2.05) is 36.1 Å². The topological polar surface area (TPSA) is 32.8 Å². The number of ether oxygens (including phenoxy) is 1. The molecule has 1 aliphatic rings. The molecule has 3 rings (SSSR count). The number of rotatable bonds is 6. The van der Waals surface area contributed by atoms with Crippen molar-refractivity contribution >= 4 is 11.6 Å². The molecule has 0 saturated carbocycles. The van der Waals surface area contributed by atoms with E-state index in [-0.39, 0.29) is 11.9 Å². The average molecular weight is 352 g/mol. The van der Waals surface area contributed by atoms with Crippen molar-refractivity contribution in [2.24, 2.45) is 0 Å². The molecule has 0 unspecified atom stereocenters. The Kier molecular flexibility index (Phi) is 6.29. The molecule has 4 heteroatoms. The Morgan fingerprint density at radius 3 is 2.31 bits per heavy atom. The number of piperidine rings is 1. The number of methoxy groups -OCH3 is 1. The van der Waals surface area contributed by atoms with Crippen molar-refractivity contribution in [3.63, 3.8) is 0 Å². The van der Waals surface area contributed by atoms with Crippen LogP contribution in [0.3, 0.4) is 0 Å². The van der Waals surface area contributed by atoms with Gasteiger partial charge in [-0.1, -0.05) is 37.3 Å². The number of amides is 1. The molecule has 1 saturated heterocycles. The van der Waals surface area contributed by atoms with Gasteiger partial charge >= 0.3 is 0 Å². The average Bonchev–Trinajstić information content (AvgIpc) is 2.70. The molecule has 0 N–H and O–H groups in total. The summed E-state index contributed by atoms with van der Waals surface area (Å²) < 4.78 is 5.24. The van der Waals surface area contributed by atoms with Crippen molar-refractivity contribution in [2.45, 2.75) is 38.8 Å². The van der Waals surface area contributed by atoms with Gasteiger partial charge < -0.3 is 9.64 Å². The minimum absolute atomic E-state index is 0.191. The number of hydrogen-bond acceptors (Lipinski definition) is 3. The first-order valence-corrected chi connectivity index (χ1v) is 9.43. The van der Waals surface area contributed by atoms with Crippen LogP contribution in [0, 0.1) is 0 Å². The van der Waals surface area contributed by atoms with Crippen molar-refractivity contribution in [3.05, 3.63) is 60.2 Å². The van der Waals surface area contributed by atoms with Gasteiger partial charge in [-0.05, 0) is 42.7 Å². The lowest BCUT2D eigenvalue weighted by Crippen LogP contribution is -2.47. The van der Waals surface area contributed by atoms with Crippen LogP contribution < -0.4 is 9.64 Å². The minimum Gasteiger partial charge on any atom is -0.497 e. The first-order chi connectivity index (χ1) is 12.7. The monoisotopic (exact) mass is 352 g/mol. The summed E-state index contributed by atoms with van der Waals surface area (Å²) in [5.41, 5.74) is 2.32. The second kappa shape index (κ2) is 8.86. The summed E-state index contributed by atoms with van der Waals surface area (Å²) in [6.07, 6.45) is 2.53. The van der Waals surface area contributed by atoms with Gasteiger partial charge in [0.05, 0.1) is 7.11 Å². The van der Waals surface area contributed by atoms with Crippen molar-refractivity contribution in [1.82, 2.24) is 4.90 Å². The van der Waals surface area contributed by atoms with Gasteiger partial charge in [-0.3, -0.25) is 9.69 Å². The van der Waals surface area contributed by atoms with Crippen LogP contribution in [0.15, 0.2) is 54.6 Å². The van der Waals surface area contributed by atoms with Gasteiger partial charge in [-0.2, -0.15) is 0 Å². The number of likely N-dealkylation sites (tertiary alicyclic amines) is 1. The Morgan fingerprint density at radius 1 is 1.08 bits per heavy atom. The van der Waals surface area contributed by atoms with Gasteiger partial charge in [-0.15, -0.1) is 0 Å². The fourth-order valence-electron chi connectivity index (χ4n) is 3.65. The van der Waals surface area contributed by atoms with E-state index < -0.39 is 0 Å². The Balaban J connectivity index is 1.66. The Bertz CT molecular complexity index is 692. The van der Waals surface area contributed by atoms with E-state index in [0.717, 1.165) is 43.9 Å². The molecule has 1 heterocycles. The third-order valence-corrected chi connectivity index (χ3v) is 5.09. The number of anilines is 1. The number of nitrogens with zero attached hydrogens (tertiary/aromatic N) is 2. The van der Waals surface area contributed by atoms with E-state index >= 15 is 0 Å². The second-order valence-electron chi connectivity index (χ2n) is 6.81. The Labute approximate surface area is 156 Å². The zero-order chi connectivity index (χ0) is 18.4. The van der Waals surface area contributed by atoms with Crippen molar-refractivity contribution in [2.75, 3.05) is 25.1 Å². The summed E-state index contributed by atoms with van der Waals surface area (Å²) in [6, 6.07) is 18.7. The first-order valence-electron chi connectivity index (χ1n) is 9.43. The summed E-state index contributed by atoms with van der Waals surface area (Å²) >= 11 is 0. The number of hydrogen-bond donors (Lipinski definition) is 0. The van der Waals surface area contributed by atoms with Gasteiger partial charge in [0, 0.05) is 37.8 Å².